The lowest BCUT2D eigenvalue weighted by Gasteiger charge is -2.14. The predicted octanol–water partition coefficient (Wildman–Crippen LogP) is 13.8. The van der Waals surface area contributed by atoms with Gasteiger partial charge in [0, 0.05) is 16.7 Å². The fourth-order valence-corrected chi connectivity index (χ4v) is 7.11. The van der Waals surface area contributed by atoms with Gasteiger partial charge in [-0.1, -0.05) is 206 Å². The maximum Gasteiger partial charge on any atom is 0.164 e. The van der Waals surface area contributed by atoms with Gasteiger partial charge in [0.2, 0.25) is 0 Å². The van der Waals surface area contributed by atoms with Crippen molar-refractivity contribution in [2.24, 2.45) is 0 Å². The molecule has 9 aromatic carbocycles. The highest BCUT2D eigenvalue weighted by Crippen LogP contribution is 2.38. The fraction of sp³-hybridized carbons (Fsp3) is 0. The minimum Gasteiger partial charge on any atom is -0.208 e. The van der Waals surface area contributed by atoms with Crippen molar-refractivity contribution in [2.75, 3.05) is 0 Å². The van der Waals surface area contributed by atoms with Gasteiger partial charge in [-0.25, -0.2) is 15.0 Å². The van der Waals surface area contributed by atoms with Crippen molar-refractivity contribution in [1.82, 2.24) is 15.0 Å². The molecule has 3 heteroatoms. The summed E-state index contributed by atoms with van der Waals surface area (Å²) in [7, 11) is 0. The Kier molecular flexibility index (Phi) is 5.99. The van der Waals surface area contributed by atoms with E-state index in [1.165, 1.54) is 0 Å². The first-order chi connectivity index (χ1) is 32.3. The van der Waals surface area contributed by atoms with E-state index in [-0.39, 0.29) is 27.7 Å². The van der Waals surface area contributed by atoms with Gasteiger partial charge >= 0.3 is 0 Å². The Morgan fingerprint density at radius 3 is 1.61 bits per heavy atom. The number of hydrogen-bond acceptors (Lipinski definition) is 3. The highest BCUT2D eigenvalue weighted by atomic mass is 15.0. The summed E-state index contributed by atoms with van der Waals surface area (Å²) in [5.74, 6) is 1.04. The third-order valence-electron chi connectivity index (χ3n) is 9.79. The van der Waals surface area contributed by atoms with Gasteiger partial charge in [0.15, 0.2) is 17.5 Å². The maximum absolute atomic E-state index is 9.23. The fourth-order valence-electron chi connectivity index (χ4n) is 7.11. The Morgan fingerprint density at radius 1 is 0.286 bits per heavy atom. The van der Waals surface area contributed by atoms with Crippen molar-refractivity contribution in [3.63, 3.8) is 0 Å². The number of rotatable bonds is 7. The van der Waals surface area contributed by atoms with E-state index in [1.807, 2.05) is 97.1 Å². The Bertz CT molecular complexity index is 3620. The van der Waals surface area contributed by atoms with Crippen molar-refractivity contribution >= 4 is 21.5 Å². The van der Waals surface area contributed by atoms with Gasteiger partial charge in [0.05, 0.1) is 15.1 Å². The zero-order valence-electron chi connectivity index (χ0n) is 40.7. The molecule has 10 rings (SSSR count). The van der Waals surface area contributed by atoms with Gasteiger partial charge in [-0.05, 0) is 72.1 Å². The van der Waals surface area contributed by atoms with Crippen LogP contribution in [0.1, 0.15) is 15.1 Å². The molecule has 56 heavy (non-hydrogen) atoms. The predicted molar refractivity (Wildman–Crippen MR) is 233 cm³/mol. The van der Waals surface area contributed by atoms with Crippen LogP contribution < -0.4 is 0 Å². The third kappa shape index (κ3) is 6.21. The second-order valence-corrected chi connectivity index (χ2v) is 13.2. The number of fused-ring (bicyclic) bond motifs is 2. The molecule has 0 N–H and O–H groups in total. The summed E-state index contributed by atoms with van der Waals surface area (Å²) in [6.07, 6.45) is 0. The van der Waals surface area contributed by atoms with Crippen LogP contribution in [0.5, 0.6) is 0 Å². The first-order valence-corrected chi connectivity index (χ1v) is 18.0. The van der Waals surface area contributed by atoms with Crippen LogP contribution in [0.4, 0.5) is 0 Å². The van der Waals surface area contributed by atoms with Crippen LogP contribution >= 0.6 is 0 Å². The van der Waals surface area contributed by atoms with Crippen LogP contribution in [0.3, 0.4) is 0 Å². The third-order valence-corrected chi connectivity index (χ3v) is 9.79. The topological polar surface area (TPSA) is 38.7 Å². The van der Waals surface area contributed by atoms with E-state index in [2.05, 4.69) is 24.3 Å². The number of aromatic nitrogens is 3. The molecule has 1 aromatic heterocycles. The molecule has 1 heterocycles. The molecule has 0 radical (unpaired) electrons. The largest absolute Gasteiger partial charge is 0.208 e. The quantitative estimate of drug-likeness (QED) is 0.164. The van der Waals surface area contributed by atoms with Crippen LogP contribution in [0, 0.1) is 0 Å². The molecule has 0 saturated carbocycles. The van der Waals surface area contributed by atoms with Crippen molar-refractivity contribution in [2.45, 2.75) is 0 Å². The molecule has 0 aliphatic rings. The standard InChI is InChI=1S/C53H35N3/c1-3-15-36(16-4-1)45-27-13-30-49-47(28-14-29-48(45)49)41-21-11-22-42(35-41)52-54-51(55-53(56-52)50-25-10-9-24-46(50)37-17-5-2-6-18-37)40-33-31-39(32-34-40)44-26-12-20-38-19-7-8-23-43(38)44/h1-35H/i1D,3D,4D,13D,14D,15D,16D,27D,28D,29D,30D. The monoisotopic (exact) mass is 724 g/mol. The first kappa shape index (κ1) is 23.3. The van der Waals surface area contributed by atoms with Crippen molar-refractivity contribution in [3.8, 4) is 78.7 Å². The highest BCUT2D eigenvalue weighted by Gasteiger charge is 2.17. The number of benzene rings is 9. The molecule has 0 aliphatic heterocycles. The van der Waals surface area contributed by atoms with E-state index in [0.29, 0.717) is 22.8 Å². The Morgan fingerprint density at radius 2 is 0.821 bits per heavy atom. The number of nitrogens with zero attached hydrogens (tertiary/aromatic N) is 3. The summed E-state index contributed by atoms with van der Waals surface area (Å²) in [6.45, 7) is 0. The van der Waals surface area contributed by atoms with Crippen LogP contribution in [-0.4, -0.2) is 15.0 Å². The Labute approximate surface area is 341 Å². The van der Waals surface area contributed by atoms with E-state index in [4.69, 9.17) is 28.7 Å². The summed E-state index contributed by atoms with van der Waals surface area (Å²) in [6, 6.07) is 40.2. The lowest BCUT2D eigenvalue weighted by molar-refractivity contribution is 1.07. The van der Waals surface area contributed by atoms with E-state index in [1.54, 1.807) is 24.3 Å². The van der Waals surface area contributed by atoms with Crippen molar-refractivity contribution in [3.05, 3.63) is 212 Å². The van der Waals surface area contributed by atoms with Crippen LogP contribution in [-0.2, 0) is 0 Å². The van der Waals surface area contributed by atoms with Gasteiger partial charge in [0.1, 0.15) is 0 Å². The smallest absolute Gasteiger partial charge is 0.164 e. The van der Waals surface area contributed by atoms with E-state index in [9.17, 15) is 1.37 Å². The molecule has 0 atom stereocenters. The maximum atomic E-state index is 9.23. The molecular weight excluding hydrogens is 679 g/mol. The van der Waals surface area contributed by atoms with Gasteiger partial charge in [0.25, 0.3) is 0 Å². The normalized spacial score (nSPS) is 14.0. The Hall–Kier alpha value is -7.49. The first-order valence-electron chi connectivity index (χ1n) is 23.5. The summed E-state index contributed by atoms with van der Waals surface area (Å²) in [4.78, 5) is 15.1. The Balaban J connectivity index is 1.19. The summed E-state index contributed by atoms with van der Waals surface area (Å²) in [5, 5.41) is 1.86. The summed E-state index contributed by atoms with van der Waals surface area (Å²) < 4.78 is 96.7. The van der Waals surface area contributed by atoms with Crippen LogP contribution in [0.25, 0.3) is 100 Å². The molecule has 0 aliphatic carbocycles. The average molecular weight is 725 g/mol. The molecular formula is C53H35N3. The molecule has 10 aromatic rings. The second kappa shape index (κ2) is 14.4. The minimum absolute atomic E-state index is 0.0158. The van der Waals surface area contributed by atoms with E-state index < -0.39 is 72.0 Å². The average Bonchev–Trinajstić information content (AvgIpc) is 3.37. The molecule has 3 nitrogen and oxygen atoms in total. The lowest BCUT2D eigenvalue weighted by atomic mass is 9.92. The van der Waals surface area contributed by atoms with Gasteiger partial charge < -0.3 is 0 Å². The van der Waals surface area contributed by atoms with Gasteiger partial charge in [-0.3, -0.25) is 0 Å². The molecule has 0 amide bonds. The van der Waals surface area contributed by atoms with E-state index >= 15 is 0 Å². The van der Waals surface area contributed by atoms with Crippen molar-refractivity contribution < 1.29 is 15.1 Å². The van der Waals surface area contributed by atoms with Crippen LogP contribution in [0.2, 0.25) is 0 Å². The highest BCUT2D eigenvalue weighted by molar-refractivity contribution is 6.04. The molecule has 0 spiro atoms. The lowest BCUT2D eigenvalue weighted by Crippen LogP contribution is -2.01. The molecule has 262 valence electrons. The molecule has 0 bridgehead atoms. The molecule has 0 unspecified atom stereocenters. The van der Waals surface area contributed by atoms with Crippen LogP contribution in [0.15, 0.2) is 212 Å². The minimum atomic E-state index is -0.684. The van der Waals surface area contributed by atoms with Gasteiger partial charge in [-0.2, -0.15) is 0 Å². The van der Waals surface area contributed by atoms with Gasteiger partial charge in [-0.15, -0.1) is 0 Å². The van der Waals surface area contributed by atoms with E-state index in [0.717, 1.165) is 44.2 Å². The zero-order chi connectivity index (χ0) is 46.8. The second-order valence-electron chi connectivity index (χ2n) is 13.2. The summed E-state index contributed by atoms with van der Waals surface area (Å²) in [5.41, 5.74) is 5.38. The van der Waals surface area contributed by atoms with Crippen molar-refractivity contribution in [1.29, 1.82) is 0 Å². The molecule has 0 fully saturated rings. The summed E-state index contributed by atoms with van der Waals surface area (Å²) >= 11 is 0. The number of hydrogen-bond donors (Lipinski definition) is 0. The zero-order valence-corrected chi connectivity index (χ0v) is 29.7. The molecule has 0 saturated heterocycles. The SMILES string of the molecule is [2H]c1c([2H])c([2H])c(-c2c([2H])c([2H])c([2H])c3c(-c4cccc(-c5nc(-c6ccc(-c7cccc8ccccc78)cc6)nc(-c6ccccc6-c6ccccc6)n5)c4)c([2H])c([2H])c([2H])c23)c([2H])c1[2H].